The Morgan fingerprint density at radius 3 is 2.82 bits per heavy atom. The largest absolute Gasteiger partial charge is 0.378 e. The van der Waals surface area contributed by atoms with E-state index in [0.717, 1.165) is 20.7 Å². The lowest BCUT2D eigenvalue weighted by molar-refractivity contribution is 1.13. The molecular weight excluding hydrogens is 323 g/mol. The van der Waals surface area contributed by atoms with E-state index in [2.05, 4.69) is 26.2 Å². The lowest BCUT2D eigenvalue weighted by Crippen LogP contribution is -2.00. The van der Waals surface area contributed by atoms with E-state index >= 15 is 0 Å². The molecule has 0 saturated heterocycles. The minimum absolute atomic E-state index is 0.454. The zero-order valence-corrected chi connectivity index (χ0v) is 11.9. The summed E-state index contributed by atoms with van der Waals surface area (Å²) < 4.78 is 0.885. The van der Waals surface area contributed by atoms with E-state index in [-0.39, 0.29) is 0 Å². The van der Waals surface area contributed by atoms with Crippen molar-refractivity contribution >= 4 is 44.8 Å². The van der Waals surface area contributed by atoms with Crippen LogP contribution in [0.5, 0.6) is 0 Å². The molecule has 1 N–H and O–H groups in total. The summed E-state index contributed by atoms with van der Waals surface area (Å²) in [6, 6.07) is 9.56. The maximum Gasteiger partial charge on any atom is 0.152 e. The molecule has 0 bridgehead atoms. The van der Waals surface area contributed by atoms with Gasteiger partial charge in [-0.15, -0.1) is 0 Å². The third-order valence-corrected chi connectivity index (χ3v) is 3.15. The van der Waals surface area contributed by atoms with E-state index in [9.17, 15) is 0 Å². The van der Waals surface area contributed by atoms with Crippen molar-refractivity contribution in [3.63, 3.8) is 0 Å². The molecule has 0 unspecified atom stereocenters. The smallest absolute Gasteiger partial charge is 0.152 e. The number of hydrogen-bond donors (Lipinski definition) is 1. The first kappa shape index (κ1) is 12.7. The molecule has 0 radical (unpaired) electrons. The van der Waals surface area contributed by atoms with Crippen LogP contribution in [0, 0.1) is 0 Å². The van der Waals surface area contributed by atoms with Crippen molar-refractivity contribution in [1.29, 1.82) is 0 Å². The number of anilines is 1. The number of rotatable bonds is 3. The van der Waals surface area contributed by atoms with Crippen LogP contribution in [-0.4, -0.2) is 4.98 Å². The van der Waals surface area contributed by atoms with Crippen molar-refractivity contribution in [1.82, 2.24) is 4.98 Å². The van der Waals surface area contributed by atoms with Crippen LogP contribution in [0.15, 0.2) is 41.0 Å². The average molecular weight is 332 g/mol. The molecule has 2 nitrogen and oxygen atoms in total. The molecule has 0 aliphatic carbocycles. The van der Waals surface area contributed by atoms with Gasteiger partial charge in [-0.2, -0.15) is 0 Å². The summed E-state index contributed by atoms with van der Waals surface area (Å²) in [6.45, 7) is 0.651. The highest BCUT2D eigenvalue weighted by Crippen LogP contribution is 2.23. The van der Waals surface area contributed by atoms with Crippen molar-refractivity contribution < 1.29 is 0 Å². The summed E-state index contributed by atoms with van der Waals surface area (Å²) in [7, 11) is 0. The first-order chi connectivity index (χ1) is 8.15. The van der Waals surface area contributed by atoms with E-state index < -0.39 is 0 Å². The standard InChI is InChI=1S/C12H9BrCl2N2/c13-9-5-11(12(15)17-7-9)16-6-8-2-1-3-10(14)4-8/h1-5,7,16H,6H2. The number of aromatic nitrogens is 1. The molecule has 0 saturated carbocycles. The van der Waals surface area contributed by atoms with Gasteiger partial charge in [0.2, 0.25) is 0 Å². The first-order valence-electron chi connectivity index (χ1n) is 4.94. The van der Waals surface area contributed by atoms with Crippen molar-refractivity contribution in [3.05, 3.63) is 56.7 Å². The maximum atomic E-state index is 5.97. The highest BCUT2D eigenvalue weighted by atomic mass is 79.9. The van der Waals surface area contributed by atoms with Crippen LogP contribution < -0.4 is 5.32 Å². The van der Waals surface area contributed by atoms with Gasteiger partial charge < -0.3 is 5.32 Å². The Hall–Kier alpha value is -0.770. The molecule has 0 amide bonds. The molecule has 1 aromatic heterocycles. The van der Waals surface area contributed by atoms with Crippen molar-refractivity contribution in [3.8, 4) is 0 Å². The van der Waals surface area contributed by atoms with Gasteiger partial charge in [0, 0.05) is 22.2 Å². The molecule has 2 aromatic rings. The fourth-order valence-corrected chi connectivity index (χ4v) is 2.11. The molecule has 0 aliphatic heterocycles. The third kappa shape index (κ3) is 3.60. The van der Waals surface area contributed by atoms with Gasteiger partial charge >= 0.3 is 0 Å². The summed E-state index contributed by atoms with van der Waals surface area (Å²) in [6.07, 6.45) is 1.66. The van der Waals surface area contributed by atoms with E-state index in [1.54, 1.807) is 6.20 Å². The molecule has 0 fully saturated rings. The predicted octanol–water partition coefficient (Wildman–Crippen LogP) is 4.76. The Bertz CT molecular complexity index is 532. The minimum Gasteiger partial charge on any atom is -0.378 e. The number of nitrogens with zero attached hydrogens (tertiary/aromatic N) is 1. The summed E-state index contributed by atoms with van der Waals surface area (Å²) in [5.74, 6) is 0. The second kappa shape index (κ2) is 5.71. The number of nitrogens with one attached hydrogen (secondary N) is 1. The Kier molecular flexibility index (Phi) is 4.26. The topological polar surface area (TPSA) is 24.9 Å². The molecule has 0 spiro atoms. The number of benzene rings is 1. The lowest BCUT2D eigenvalue weighted by atomic mass is 10.2. The second-order valence-corrected chi connectivity index (χ2v) is 5.19. The predicted molar refractivity (Wildman–Crippen MR) is 75.7 cm³/mol. The quantitative estimate of drug-likeness (QED) is 0.820. The molecule has 88 valence electrons. The van der Waals surface area contributed by atoms with Crippen molar-refractivity contribution in [2.45, 2.75) is 6.54 Å². The van der Waals surface area contributed by atoms with Crippen LogP contribution >= 0.6 is 39.1 Å². The molecule has 5 heteroatoms. The number of halogens is 3. The monoisotopic (exact) mass is 330 g/mol. The van der Waals surface area contributed by atoms with Gasteiger partial charge in [-0.3, -0.25) is 0 Å². The number of hydrogen-bond acceptors (Lipinski definition) is 2. The molecule has 1 heterocycles. The lowest BCUT2D eigenvalue weighted by Gasteiger charge is -2.08. The summed E-state index contributed by atoms with van der Waals surface area (Å²) >= 11 is 15.2. The highest BCUT2D eigenvalue weighted by Gasteiger charge is 2.02. The Morgan fingerprint density at radius 2 is 2.06 bits per heavy atom. The minimum atomic E-state index is 0.454. The van der Waals surface area contributed by atoms with Crippen LogP contribution in [0.3, 0.4) is 0 Å². The SMILES string of the molecule is Clc1cccc(CNc2cc(Br)cnc2Cl)c1. The van der Waals surface area contributed by atoms with Gasteiger partial charge in [0.25, 0.3) is 0 Å². The van der Waals surface area contributed by atoms with Gasteiger partial charge in [0.15, 0.2) is 5.15 Å². The Labute approximate surface area is 118 Å². The van der Waals surface area contributed by atoms with Crippen LogP contribution in [0.4, 0.5) is 5.69 Å². The summed E-state index contributed by atoms with van der Waals surface area (Å²) in [4.78, 5) is 4.04. The normalized spacial score (nSPS) is 10.3. The zero-order valence-electron chi connectivity index (χ0n) is 8.75. The van der Waals surface area contributed by atoms with E-state index in [1.165, 1.54) is 0 Å². The van der Waals surface area contributed by atoms with E-state index in [0.29, 0.717) is 11.7 Å². The van der Waals surface area contributed by atoms with Crippen LogP contribution in [0.25, 0.3) is 0 Å². The number of pyridine rings is 1. The average Bonchev–Trinajstić information content (AvgIpc) is 2.30. The molecule has 17 heavy (non-hydrogen) atoms. The maximum absolute atomic E-state index is 5.97. The fraction of sp³-hybridized carbons (Fsp3) is 0.0833. The van der Waals surface area contributed by atoms with Crippen molar-refractivity contribution in [2.24, 2.45) is 0 Å². The van der Waals surface area contributed by atoms with Gasteiger partial charge in [-0.05, 0) is 39.7 Å². The van der Waals surface area contributed by atoms with Gasteiger partial charge in [0.05, 0.1) is 5.69 Å². The van der Waals surface area contributed by atoms with Gasteiger partial charge in [0.1, 0.15) is 0 Å². The van der Waals surface area contributed by atoms with Crippen LogP contribution in [-0.2, 0) is 6.54 Å². The molecule has 1 aromatic carbocycles. The fourth-order valence-electron chi connectivity index (χ4n) is 1.39. The van der Waals surface area contributed by atoms with Crippen LogP contribution in [0.1, 0.15) is 5.56 Å². The van der Waals surface area contributed by atoms with Gasteiger partial charge in [-0.25, -0.2) is 4.98 Å². The van der Waals surface area contributed by atoms with Crippen molar-refractivity contribution in [2.75, 3.05) is 5.32 Å². The zero-order chi connectivity index (χ0) is 12.3. The van der Waals surface area contributed by atoms with E-state index in [1.807, 2.05) is 30.3 Å². The summed E-state index contributed by atoms with van der Waals surface area (Å²) in [5.41, 5.74) is 1.88. The molecular formula is C12H9BrCl2N2. The first-order valence-corrected chi connectivity index (χ1v) is 6.49. The highest BCUT2D eigenvalue weighted by molar-refractivity contribution is 9.10. The third-order valence-electron chi connectivity index (χ3n) is 2.18. The molecule has 0 aliphatic rings. The molecule has 0 atom stereocenters. The second-order valence-electron chi connectivity index (χ2n) is 3.48. The Morgan fingerprint density at radius 1 is 1.24 bits per heavy atom. The van der Waals surface area contributed by atoms with Crippen LogP contribution in [0.2, 0.25) is 10.2 Å². The van der Waals surface area contributed by atoms with Gasteiger partial charge in [-0.1, -0.05) is 35.3 Å². The van der Waals surface area contributed by atoms with E-state index in [4.69, 9.17) is 23.2 Å². The Balaban J connectivity index is 2.09. The summed E-state index contributed by atoms with van der Waals surface area (Å²) in [5, 5.41) is 4.39. The molecule has 2 rings (SSSR count).